The molecule has 0 spiro atoms. The Bertz CT molecular complexity index is 1550. The Hall–Kier alpha value is -4.24. The molecule has 8 nitrogen and oxygen atoms in total. The number of benzene rings is 2. The highest BCUT2D eigenvalue weighted by atomic mass is 19.1. The number of ether oxygens (including phenoxy) is 2. The second-order valence-electron chi connectivity index (χ2n) is 9.91. The number of hydrogen-bond acceptors (Lipinski definition) is 5. The van der Waals surface area contributed by atoms with Crippen LogP contribution in [0.15, 0.2) is 65.7 Å². The van der Waals surface area contributed by atoms with E-state index in [1.165, 1.54) is 7.11 Å². The lowest BCUT2D eigenvalue weighted by Crippen LogP contribution is -2.30. The van der Waals surface area contributed by atoms with E-state index in [-0.39, 0.29) is 29.7 Å². The molecule has 4 aromatic rings. The van der Waals surface area contributed by atoms with Crippen LogP contribution in [0.5, 0.6) is 5.75 Å². The summed E-state index contributed by atoms with van der Waals surface area (Å²) in [6, 6.07) is 14.7. The maximum absolute atomic E-state index is 14.8. The first kappa shape index (κ1) is 26.4. The van der Waals surface area contributed by atoms with E-state index >= 15 is 0 Å². The van der Waals surface area contributed by atoms with E-state index in [0.29, 0.717) is 43.1 Å². The van der Waals surface area contributed by atoms with Gasteiger partial charge in [-0.25, -0.2) is 4.39 Å². The van der Waals surface area contributed by atoms with Crippen LogP contribution < -0.4 is 15.6 Å². The first-order valence-corrected chi connectivity index (χ1v) is 12.8. The zero-order chi connectivity index (χ0) is 27.5. The van der Waals surface area contributed by atoms with Crippen molar-refractivity contribution in [3.05, 3.63) is 116 Å². The lowest BCUT2D eigenvalue weighted by molar-refractivity contribution is 0.00620. The number of nitrogens with one attached hydrogen (secondary N) is 1. The fraction of sp³-hybridized carbons (Fsp3) is 0.300. The molecular formula is C30H31FN4O4. The van der Waals surface area contributed by atoms with Gasteiger partial charge >= 0.3 is 0 Å². The fourth-order valence-electron chi connectivity index (χ4n) is 4.63. The number of carbonyl (C=O) groups excluding carboxylic acids is 1. The zero-order valence-corrected chi connectivity index (χ0v) is 22.2. The molecule has 1 N–H and O–H groups in total. The van der Waals surface area contributed by atoms with Crippen LogP contribution >= 0.6 is 0 Å². The number of carbonyl (C=O) groups is 1. The van der Waals surface area contributed by atoms with Crippen molar-refractivity contribution in [3.8, 4) is 5.75 Å². The van der Waals surface area contributed by atoms with E-state index in [1.54, 1.807) is 40.6 Å². The smallest absolute Gasteiger partial charge is 0.255 e. The minimum absolute atomic E-state index is 0.0327. The van der Waals surface area contributed by atoms with Gasteiger partial charge in [-0.3, -0.25) is 14.3 Å². The van der Waals surface area contributed by atoms with Gasteiger partial charge in [-0.1, -0.05) is 36.4 Å². The molecule has 5 rings (SSSR count). The minimum Gasteiger partial charge on any atom is -0.494 e. The van der Waals surface area contributed by atoms with Crippen molar-refractivity contribution in [2.75, 3.05) is 20.3 Å². The van der Waals surface area contributed by atoms with E-state index in [0.717, 1.165) is 22.3 Å². The van der Waals surface area contributed by atoms with Gasteiger partial charge in [0.2, 0.25) is 0 Å². The van der Waals surface area contributed by atoms with Crippen molar-refractivity contribution >= 4 is 5.91 Å². The van der Waals surface area contributed by atoms with Crippen molar-refractivity contribution < 1.29 is 18.7 Å². The molecule has 1 amide bonds. The third kappa shape index (κ3) is 5.78. The van der Waals surface area contributed by atoms with Gasteiger partial charge in [-0.2, -0.15) is 5.10 Å². The summed E-state index contributed by atoms with van der Waals surface area (Å²) in [5.74, 6) is -0.611. The molecule has 0 aliphatic carbocycles. The molecule has 0 radical (unpaired) electrons. The Kier molecular flexibility index (Phi) is 7.60. The standard InChI is InChI=1S/C30H31FN4O4/c1-19-4-11-27(36)34(13-19)14-21-6-8-22(9-7-21)15-35-16-25(29(33-35)23-17-39-18-23)30(37)32-12-24-20(2)5-10-26(38-3)28(24)31/h4-11,13,16,23H,12,14-15,17-18H2,1-3H3,(H,32,37). The van der Waals surface area contributed by atoms with Crippen LogP contribution in [0.25, 0.3) is 0 Å². The van der Waals surface area contributed by atoms with Crippen LogP contribution in [0.2, 0.25) is 0 Å². The number of halogens is 1. The highest BCUT2D eigenvalue weighted by Crippen LogP contribution is 2.27. The highest BCUT2D eigenvalue weighted by Gasteiger charge is 2.29. The van der Waals surface area contributed by atoms with Crippen LogP contribution in [0.3, 0.4) is 0 Å². The Morgan fingerprint density at radius 3 is 2.44 bits per heavy atom. The summed E-state index contributed by atoms with van der Waals surface area (Å²) in [7, 11) is 1.41. The van der Waals surface area contributed by atoms with Crippen molar-refractivity contribution in [1.82, 2.24) is 19.7 Å². The van der Waals surface area contributed by atoms with E-state index < -0.39 is 5.82 Å². The number of rotatable bonds is 9. The van der Waals surface area contributed by atoms with Gasteiger partial charge in [-0.15, -0.1) is 0 Å². The van der Waals surface area contributed by atoms with E-state index in [9.17, 15) is 14.0 Å². The molecule has 1 aliphatic heterocycles. The van der Waals surface area contributed by atoms with Gasteiger partial charge in [-0.05, 0) is 42.2 Å². The average molecular weight is 531 g/mol. The van der Waals surface area contributed by atoms with Crippen LogP contribution in [0.4, 0.5) is 4.39 Å². The average Bonchev–Trinajstić information content (AvgIpc) is 3.29. The predicted molar refractivity (Wildman–Crippen MR) is 145 cm³/mol. The minimum atomic E-state index is -0.475. The predicted octanol–water partition coefficient (Wildman–Crippen LogP) is 3.95. The van der Waals surface area contributed by atoms with Crippen LogP contribution in [-0.2, 0) is 24.4 Å². The lowest BCUT2D eigenvalue weighted by atomic mass is 10.00. The molecular weight excluding hydrogens is 499 g/mol. The number of aryl methyl sites for hydroxylation is 2. The molecule has 39 heavy (non-hydrogen) atoms. The second kappa shape index (κ2) is 11.2. The number of pyridine rings is 1. The zero-order valence-electron chi connectivity index (χ0n) is 22.2. The van der Waals surface area contributed by atoms with Crippen LogP contribution in [0.1, 0.15) is 49.8 Å². The Morgan fingerprint density at radius 1 is 1.05 bits per heavy atom. The highest BCUT2D eigenvalue weighted by molar-refractivity contribution is 5.95. The second-order valence-corrected chi connectivity index (χ2v) is 9.91. The molecule has 1 saturated heterocycles. The maximum Gasteiger partial charge on any atom is 0.255 e. The summed E-state index contributed by atoms with van der Waals surface area (Å²) >= 11 is 0. The summed E-state index contributed by atoms with van der Waals surface area (Å²) in [6.07, 6.45) is 3.58. The van der Waals surface area contributed by atoms with Crippen LogP contribution in [0, 0.1) is 19.7 Å². The van der Waals surface area contributed by atoms with Crippen molar-refractivity contribution in [3.63, 3.8) is 0 Å². The fourth-order valence-corrected chi connectivity index (χ4v) is 4.63. The first-order valence-electron chi connectivity index (χ1n) is 12.8. The molecule has 0 unspecified atom stereocenters. The molecule has 3 heterocycles. The number of methoxy groups -OCH3 is 1. The SMILES string of the molecule is COc1ccc(C)c(CNC(=O)c2cn(Cc3ccc(Cn4cc(C)ccc4=O)cc3)nc2C2COC2)c1F. The summed E-state index contributed by atoms with van der Waals surface area (Å²) in [4.78, 5) is 25.3. The molecule has 0 bridgehead atoms. The van der Waals surface area contributed by atoms with Crippen LogP contribution in [-0.4, -0.2) is 40.6 Å². The third-order valence-corrected chi connectivity index (χ3v) is 7.00. The Morgan fingerprint density at radius 2 is 1.77 bits per heavy atom. The molecule has 9 heteroatoms. The van der Waals surface area contributed by atoms with E-state index in [4.69, 9.17) is 14.6 Å². The quantitative estimate of drug-likeness (QED) is 0.354. The molecule has 2 aromatic heterocycles. The summed E-state index contributed by atoms with van der Waals surface area (Å²) in [5.41, 5.74) is 5.26. The van der Waals surface area contributed by atoms with Crippen molar-refractivity contribution in [2.45, 2.75) is 39.4 Å². The van der Waals surface area contributed by atoms with Crippen molar-refractivity contribution in [1.29, 1.82) is 0 Å². The lowest BCUT2D eigenvalue weighted by Gasteiger charge is -2.25. The summed E-state index contributed by atoms with van der Waals surface area (Å²) in [5, 5.41) is 7.57. The molecule has 0 saturated carbocycles. The van der Waals surface area contributed by atoms with Gasteiger partial charge < -0.3 is 19.4 Å². The van der Waals surface area contributed by atoms with Gasteiger partial charge in [0.25, 0.3) is 11.5 Å². The number of nitrogens with zero attached hydrogens (tertiary/aromatic N) is 3. The number of amides is 1. The molecule has 0 atom stereocenters. The molecule has 202 valence electrons. The number of aromatic nitrogens is 3. The summed E-state index contributed by atoms with van der Waals surface area (Å²) in [6.45, 7) is 5.77. The first-order chi connectivity index (χ1) is 18.8. The van der Waals surface area contributed by atoms with E-state index in [1.807, 2.05) is 43.5 Å². The molecule has 1 aliphatic rings. The van der Waals surface area contributed by atoms with Crippen molar-refractivity contribution in [2.24, 2.45) is 0 Å². The topological polar surface area (TPSA) is 87.4 Å². The Balaban J connectivity index is 1.30. The largest absolute Gasteiger partial charge is 0.494 e. The van der Waals surface area contributed by atoms with Gasteiger partial charge in [0, 0.05) is 30.6 Å². The van der Waals surface area contributed by atoms with Gasteiger partial charge in [0.15, 0.2) is 11.6 Å². The van der Waals surface area contributed by atoms with Gasteiger partial charge in [0.05, 0.1) is 50.6 Å². The maximum atomic E-state index is 14.8. The normalized spacial score (nSPS) is 13.2. The van der Waals surface area contributed by atoms with E-state index in [2.05, 4.69) is 5.32 Å². The molecule has 1 fully saturated rings. The third-order valence-electron chi connectivity index (χ3n) is 7.00. The summed E-state index contributed by atoms with van der Waals surface area (Å²) < 4.78 is 28.6. The Labute approximate surface area is 226 Å². The van der Waals surface area contributed by atoms with Gasteiger partial charge in [0.1, 0.15) is 0 Å². The monoisotopic (exact) mass is 530 g/mol. The molecule has 2 aromatic carbocycles. The number of hydrogen-bond donors (Lipinski definition) is 1.